The molecule has 1 aromatic heterocycles. The van der Waals surface area contributed by atoms with Gasteiger partial charge < -0.3 is 11.2 Å². The van der Waals surface area contributed by atoms with Crippen LogP contribution in [0.1, 0.15) is 64.6 Å². The summed E-state index contributed by atoms with van der Waals surface area (Å²) in [7, 11) is 0. The molecule has 0 amide bonds. The van der Waals surface area contributed by atoms with Crippen LogP contribution >= 0.6 is 0 Å². The van der Waals surface area contributed by atoms with Crippen LogP contribution < -0.4 is 11.1 Å². The van der Waals surface area contributed by atoms with E-state index < -0.39 is 5.66 Å². The van der Waals surface area contributed by atoms with Crippen molar-refractivity contribution in [2.24, 2.45) is 5.73 Å². The predicted molar refractivity (Wildman–Crippen MR) is 83.2 cm³/mol. The number of nitrogens with one attached hydrogen (secondary N) is 1. The third-order valence-corrected chi connectivity index (χ3v) is 3.36. The lowest BCUT2D eigenvalue weighted by atomic mass is 10.0. The van der Waals surface area contributed by atoms with E-state index in [2.05, 4.69) is 29.1 Å². The minimum Gasteiger partial charge on any atom is -0.412 e. The lowest BCUT2D eigenvalue weighted by Crippen LogP contribution is -2.52. The molecule has 1 aromatic rings. The second-order valence-corrected chi connectivity index (χ2v) is 5.13. The lowest BCUT2D eigenvalue weighted by Gasteiger charge is -2.29. The molecule has 5 N–H and O–H groups in total. The molecule has 5 nitrogen and oxygen atoms in total. The number of unbranched alkanes of at least 4 members (excludes halogenated alkanes) is 4. The van der Waals surface area contributed by atoms with Crippen LogP contribution in [0.4, 0.5) is 0 Å². The van der Waals surface area contributed by atoms with Crippen molar-refractivity contribution in [2.45, 2.75) is 64.5 Å². The highest BCUT2D eigenvalue weighted by molar-refractivity contribution is 5.03. The predicted octanol–water partition coefficient (Wildman–Crippen LogP) is 2.12. The molecule has 0 aliphatic heterocycles. The summed E-state index contributed by atoms with van der Waals surface area (Å²) < 4.78 is 0. The Hall–Kier alpha value is -1.04. The van der Waals surface area contributed by atoms with Gasteiger partial charge in [-0.05, 0) is 31.9 Å². The van der Waals surface area contributed by atoms with E-state index in [0.29, 0.717) is 5.82 Å². The quantitative estimate of drug-likeness (QED) is 0.507. The molecule has 0 aliphatic carbocycles. The van der Waals surface area contributed by atoms with Gasteiger partial charge in [0.25, 0.3) is 0 Å². The summed E-state index contributed by atoms with van der Waals surface area (Å²) in [5, 5.41) is 3.46. The summed E-state index contributed by atoms with van der Waals surface area (Å²) >= 11 is 0. The van der Waals surface area contributed by atoms with Crippen molar-refractivity contribution in [1.29, 1.82) is 0 Å². The van der Waals surface area contributed by atoms with Gasteiger partial charge in [0.2, 0.25) is 0 Å². The minimum absolute atomic E-state index is 0. The molecule has 1 rings (SSSR count). The van der Waals surface area contributed by atoms with Gasteiger partial charge in [0.05, 0.1) is 0 Å². The first kappa shape index (κ1) is 19.0. The maximum atomic E-state index is 6.51. The van der Waals surface area contributed by atoms with E-state index in [-0.39, 0.29) is 5.48 Å². The highest BCUT2D eigenvalue weighted by atomic mass is 16.0. The summed E-state index contributed by atoms with van der Waals surface area (Å²) in [6.45, 7) is 5.33. The van der Waals surface area contributed by atoms with E-state index in [0.717, 1.165) is 25.8 Å². The zero-order valence-electron chi connectivity index (χ0n) is 12.9. The molecule has 0 aliphatic rings. The Kier molecular flexibility index (Phi) is 10.2. The average molecular weight is 282 g/mol. The van der Waals surface area contributed by atoms with Gasteiger partial charge in [-0.15, -0.1) is 0 Å². The molecule has 0 aromatic carbocycles. The van der Waals surface area contributed by atoms with Crippen LogP contribution in [0.25, 0.3) is 0 Å². The number of rotatable bonds is 10. The summed E-state index contributed by atoms with van der Waals surface area (Å²) in [4.78, 5) is 8.66. The van der Waals surface area contributed by atoms with Gasteiger partial charge in [-0.3, -0.25) is 5.32 Å². The Labute approximate surface area is 122 Å². The molecular formula is C15H30N4O. The van der Waals surface area contributed by atoms with Gasteiger partial charge in [0.15, 0.2) is 5.82 Å². The molecular weight excluding hydrogens is 252 g/mol. The Morgan fingerprint density at radius 3 is 2.25 bits per heavy atom. The van der Waals surface area contributed by atoms with Gasteiger partial charge in [0.1, 0.15) is 5.66 Å². The highest BCUT2D eigenvalue weighted by Gasteiger charge is 2.28. The van der Waals surface area contributed by atoms with E-state index in [1.807, 2.05) is 6.07 Å². The maximum absolute atomic E-state index is 6.51. The Balaban J connectivity index is 0.00000361. The fourth-order valence-corrected chi connectivity index (χ4v) is 2.15. The molecule has 1 heterocycles. The minimum atomic E-state index is -0.579. The van der Waals surface area contributed by atoms with Crippen LogP contribution in [0.2, 0.25) is 0 Å². The van der Waals surface area contributed by atoms with Gasteiger partial charge >= 0.3 is 0 Å². The Morgan fingerprint density at radius 1 is 1.05 bits per heavy atom. The molecule has 0 bridgehead atoms. The molecule has 1 atom stereocenters. The molecule has 0 fully saturated rings. The first-order valence-electron chi connectivity index (χ1n) is 7.54. The van der Waals surface area contributed by atoms with E-state index in [1.165, 1.54) is 25.7 Å². The van der Waals surface area contributed by atoms with Gasteiger partial charge in [-0.2, -0.15) is 0 Å². The number of aromatic nitrogens is 2. The van der Waals surface area contributed by atoms with Crippen molar-refractivity contribution >= 4 is 0 Å². The van der Waals surface area contributed by atoms with Crippen molar-refractivity contribution in [3.63, 3.8) is 0 Å². The summed E-state index contributed by atoms with van der Waals surface area (Å²) in [6, 6.07) is 1.83. The van der Waals surface area contributed by atoms with Crippen molar-refractivity contribution in [2.75, 3.05) is 6.54 Å². The van der Waals surface area contributed by atoms with E-state index >= 15 is 0 Å². The van der Waals surface area contributed by atoms with Crippen LogP contribution in [0, 0.1) is 0 Å². The zero-order valence-corrected chi connectivity index (χ0v) is 12.9. The van der Waals surface area contributed by atoms with Crippen molar-refractivity contribution in [3.05, 3.63) is 24.3 Å². The Morgan fingerprint density at radius 2 is 1.65 bits per heavy atom. The van der Waals surface area contributed by atoms with Crippen molar-refractivity contribution in [1.82, 2.24) is 15.3 Å². The molecule has 116 valence electrons. The first-order chi connectivity index (χ1) is 9.23. The molecule has 5 heteroatoms. The molecule has 0 saturated heterocycles. The van der Waals surface area contributed by atoms with Gasteiger partial charge in [-0.25, -0.2) is 9.97 Å². The highest BCUT2D eigenvalue weighted by Crippen LogP contribution is 2.18. The number of nitrogens with zero attached hydrogens (tertiary/aromatic N) is 2. The summed E-state index contributed by atoms with van der Waals surface area (Å²) in [5.41, 5.74) is 5.93. The third kappa shape index (κ3) is 6.41. The van der Waals surface area contributed by atoms with Gasteiger partial charge in [0, 0.05) is 12.4 Å². The smallest absolute Gasteiger partial charge is 0.162 e. The van der Waals surface area contributed by atoms with Crippen LogP contribution in [-0.2, 0) is 5.66 Å². The number of hydrogen-bond donors (Lipinski definition) is 2. The fraction of sp³-hybridized carbons (Fsp3) is 0.733. The summed E-state index contributed by atoms with van der Waals surface area (Å²) in [6.07, 6.45) is 11.5. The zero-order chi connectivity index (χ0) is 14.0. The lowest BCUT2D eigenvalue weighted by molar-refractivity contribution is 0.288. The van der Waals surface area contributed by atoms with Gasteiger partial charge in [-0.1, -0.05) is 39.5 Å². The molecule has 0 saturated carbocycles. The number of hydrogen-bond acceptors (Lipinski definition) is 4. The van der Waals surface area contributed by atoms with Crippen molar-refractivity contribution < 1.29 is 5.48 Å². The normalized spacial score (nSPS) is 13.6. The second-order valence-electron chi connectivity index (χ2n) is 5.13. The average Bonchev–Trinajstić information content (AvgIpc) is 2.45. The molecule has 1 unspecified atom stereocenters. The Bertz CT molecular complexity index is 334. The second kappa shape index (κ2) is 10.7. The maximum Gasteiger partial charge on any atom is 0.162 e. The largest absolute Gasteiger partial charge is 0.412 e. The monoisotopic (exact) mass is 282 g/mol. The van der Waals surface area contributed by atoms with E-state index in [9.17, 15) is 0 Å². The van der Waals surface area contributed by atoms with Crippen LogP contribution in [0.5, 0.6) is 0 Å². The molecule has 0 spiro atoms. The topological polar surface area (TPSA) is 95.3 Å². The SMILES string of the molecule is CCCCCNC(N)(CCCCC)c1ncccn1.O. The third-order valence-electron chi connectivity index (χ3n) is 3.36. The standard InChI is InChI=1S/C15H28N4.H2O/c1-3-5-7-10-15(16,19-13-8-6-4-2)14-17-11-9-12-18-14;/h9,11-12,19H,3-8,10,13,16H2,1-2H3;1H2. The van der Waals surface area contributed by atoms with Crippen LogP contribution in [0.15, 0.2) is 18.5 Å². The van der Waals surface area contributed by atoms with Crippen LogP contribution in [-0.4, -0.2) is 22.0 Å². The molecule has 0 radical (unpaired) electrons. The number of nitrogens with two attached hydrogens (primary N) is 1. The molecule has 20 heavy (non-hydrogen) atoms. The fourth-order valence-electron chi connectivity index (χ4n) is 2.15. The van der Waals surface area contributed by atoms with E-state index in [1.54, 1.807) is 12.4 Å². The van der Waals surface area contributed by atoms with Crippen LogP contribution in [0.3, 0.4) is 0 Å². The van der Waals surface area contributed by atoms with Crippen molar-refractivity contribution in [3.8, 4) is 0 Å². The van der Waals surface area contributed by atoms with E-state index in [4.69, 9.17) is 5.73 Å². The first-order valence-corrected chi connectivity index (χ1v) is 7.54. The summed E-state index contributed by atoms with van der Waals surface area (Å²) in [5.74, 6) is 0.711.